The summed E-state index contributed by atoms with van der Waals surface area (Å²) in [5.41, 5.74) is 3.14. The van der Waals surface area contributed by atoms with Crippen LogP contribution in [0.25, 0.3) is 0 Å². The molecule has 0 radical (unpaired) electrons. The zero-order valence-electron chi connectivity index (χ0n) is 10.7. The molecule has 0 saturated carbocycles. The van der Waals surface area contributed by atoms with Gasteiger partial charge in [-0.2, -0.15) is 0 Å². The number of nitrogens with one attached hydrogen (secondary N) is 1. The predicted octanol–water partition coefficient (Wildman–Crippen LogP) is 2.63. The van der Waals surface area contributed by atoms with Crippen LogP contribution in [0.5, 0.6) is 0 Å². The summed E-state index contributed by atoms with van der Waals surface area (Å²) < 4.78 is 4.71. The summed E-state index contributed by atoms with van der Waals surface area (Å²) in [6.07, 6.45) is 7.81. The van der Waals surface area contributed by atoms with Gasteiger partial charge in [-0.05, 0) is 18.8 Å². The Morgan fingerprint density at radius 3 is 2.94 bits per heavy atom. The molecule has 0 saturated heterocycles. The van der Waals surface area contributed by atoms with Gasteiger partial charge in [-0.25, -0.2) is 0 Å². The lowest BCUT2D eigenvalue weighted by molar-refractivity contribution is -0.142. The van der Waals surface area contributed by atoms with Crippen molar-refractivity contribution in [2.75, 3.05) is 7.11 Å². The number of esters is 1. The molecule has 98 valence electrons. The van der Waals surface area contributed by atoms with E-state index in [0.717, 1.165) is 25.0 Å². The predicted molar refractivity (Wildman–Crippen MR) is 65.4 cm³/mol. The van der Waals surface area contributed by atoms with Crippen molar-refractivity contribution in [3.05, 3.63) is 11.8 Å². The molecule has 1 rings (SSSR count). The van der Waals surface area contributed by atoms with Crippen molar-refractivity contribution >= 4 is 5.97 Å². The van der Waals surface area contributed by atoms with Crippen molar-refractivity contribution in [3.8, 4) is 0 Å². The van der Waals surface area contributed by atoms with E-state index in [1.54, 1.807) is 0 Å². The quantitative estimate of drug-likeness (QED) is 0.408. The number of carbonyl (C=O) groups excluding carboxylic acids is 1. The molecule has 0 unspecified atom stereocenters. The van der Waals surface area contributed by atoms with Gasteiger partial charge in [0.1, 0.15) is 0 Å². The molecule has 0 heterocycles. The second kappa shape index (κ2) is 7.33. The number of rotatable bonds is 7. The van der Waals surface area contributed by atoms with E-state index in [-0.39, 0.29) is 17.8 Å². The molecule has 1 aliphatic carbocycles. The molecule has 0 aliphatic heterocycles. The van der Waals surface area contributed by atoms with Gasteiger partial charge in [0.15, 0.2) is 0 Å². The highest BCUT2D eigenvalue weighted by atomic mass is 16.5. The normalized spacial score (nSPS) is 23.4. The van der Waals surface area contributed by atoms with Crippen molar-refractivity contribution in [2.24, 2.45) is 11.8 Å². The lowest BCUT2D eigenvalue weighted by atomic mass is 9.87. The first-order valence-electron chi connectivity index (χ1n) is 6.39. The molecule has 0 aromatic carbocycles. The summed E-state index contributed by atoms with van der Waals surface area (Å²) in [6, 6.07) is 0. The van der Waals surface area contributed by atoms with Gasteiger partial charge in [-0.3, -0.25) is 15.5 Å². The fraction of sp³-hybridized carbons (Fsp3) is 0.769. The number of carbonyl (C=O) groups is 1. The number of hydrogen-bond donors (Lipinski definition) is 2. The van der Waals surface area contributed by atoms with Crippen LogP contribution in [0.2, 0.25) is 0 Å². The average molecular weight is 241 g/mol. The molecule has 1 aliphatic rings. The molecular formula is C13H23NO3. The molecular weight excluding hydrogens is 218 g/mol. The Balaban J connectivity index is 2.50. The topological polar surface area (TPSA) is 58.6 Å². The van der Waals surface area contributed by atoms with Crippen LogP contribution in [0, 0.1) is 11.8 Å². The van der Waals surface area contributed by atoms with Crippen molar-refractivity contribution in [1.29, 1.82) is 0 Å². The fourth-order valence-electron chi connectivity index (χ4n) is 2.50. The van der Waals surface area contributed by atoms with Crippen LogP contribution in [0.1, 0.15) is 45.4 Å². The molecule has 0 amide bonds. The van der Waals surface area contributed by atoms with Gasteiger partial charge in [0.25, 0.3) is 0 Å². The maximum absolute atomic E-state index is 11.3. The lowest BCUT2D eigenvalue weighted by Crippen LogP contribution is -2.21. The molecule has 0 spiro atoms. The number of unbranched alkanes of at least 4 members (excludes halogenated alkanes) is 2. The minimum absolute atomic E-state index is 0.164. The van der Waals surface area contributed by atoms with Crippen LogP contribution in [0.3, 0.4) is 0 Å². The van der Waals surface area contributed by atoms with Gasteiger partial charge in [0.05, 0.1) is 7.11 Å². The highest BCUT2D eigenvalue weighted by Gasteiger charge is 2.31. The number of hydroxylamine groups is 1. The van der Waals surface area contributed by atoms with E-state index < -0.39 is 0 Å². The van der Waals surface area contributed by atoms with Gasteiger partial charge in [0, 0.05) is 18.0 Å². The smallest absolute Gasteiger partial charge is 0.305 e. The third-order valence-electron chi connectivity index (χ3n) is 3.51. The molecule has 4 nitrogen and oxygen atoms in total. The number of methoxy groups -OCH3 is 1. The highest BCUT2D eigenvalue weighted by Crippen LogP contribution is 2.36. The Hall–Kier alpha value is -1.03. The van der Waals surface area contributed by atoms with Gasteiger partial charge in [0.2, 0.25) is 0 Å². The Labute approximate surface area is 103 Å². The first-order valence-corrected chi connectivity index (χ1v) is 6.39. The maximum Gasteiger partial charge on any atom is 0.305 e. The van der Waals surface area contributed by atoms with E-state index in [1.165, 1.54) is 20.0 Å². The molecule has 17 heavy (non-hydrogen) atoms. The fourth-order valence-corrected chi connectivity index (χ4v) is 2.50. The van der Waals surface area contributed by atoms with Crippen LogP contribution in [-0.2, 0) is 9.53 Å². The number of hydrogen-bond acceptors (Lipinski definition) is 4. The first kappa shape index (κ1) is 14.0. The zero-order valence-corrected chi connectivity index (χ0v) is 10.7. The minimum atomic E-state index is -0.164. The summed E-state index contributed by atoms with van der Waals surface area (Å²) in [6.45, 7) is 2.17. The summed E-state index contributed by atoms with van der Waals surface area (Å²) >= 11 is 0. The third kappa shape index (κ3) is 4.04. The lowest BCUT2D eigenvalue weighted by Gasteiger charge is -2.21. The Morgan fingerprint density at radius 2 is 2.35 bits per heavy atom. The molecule has 2 atom stereocenters. The van der Waals surface area contributed by atoms with E-state index in [4.69, 9.17) is 9.94 Å². The summed E-state index contributed by atoms with van der Waals surface area (Å²) in [7, 11) is 1.42. The van der Waals surface area contributed by atoms with Crippen molar-refractivity contribution < 1.29 is 14.7 Å². The van der Waals surface area contributed by atoms with Crippen LogP contribution >= 0.6 is 0 Å². The second-order valence-electron chi connectivity index (χ2n) is 4.65. The Bertz CT molecular complexity index is 276. The van der Waals surface area contributed by atoms with Gasteiger partial charge in [-0.1, -0.05) is 32.3 Å². The van der Waals surface area contributed by atoms with E-state index in [0.29, 0.717) is 6.42 Å². The average Bonchev–Trinajstić information content (AvgIpc) is 2.72. The largest absolute Gasteiger partial charge is 0.469 e. The summed E-state index contributed by atoms with van der Waals surface area (Å²) in [4.78, 5) is 11.3. The van der Waals surface area contributed by atoms with Gasteiger partial charge >= 0.3 is 5.97 Å². The van der Waals surface area contributed by atoms with Crippen molar-refractivity contribution in [1.82, 2.24) is 5.48 Å². The molecule has 2 N–H and O–H groups in total. The van der Waals surface area contributed by atoms with Crippen LogP contribution < -0.4 is 5.48 Å². The molecule has 0 fully saturated rings. The summed E-state index contributed by atoms with van der Waals surface area (Å²) in [5.74, 6) is 0.377. The SMILES string of the molecule is CCCCC[C@@H]1C(NO)=CC[C@@H]1CC(=O)OC. The van der Waals surface area contributed by atoms with Gasteiger partial charge < -0.3 is 4.74 Å². The maximum atomic E-state index is 11.3. The summed E-state index contributed by atoms with van der Waals surface area (Å²) in [5, 5.41) is 9.07. The number of allylic oxidation sites excluding steroid dienone is 2. The van der Waals surface area contributed by atoms with Gasteiger partial charge in [-0.15, -0.1) is 0 Å². The second-order valence-corrected chi connectivity index (χ2v) is 4.65. The molecule has 0 aromatic heterocycles. The van der Waals surface area contributed by atoms with E-state index >= 15 is 0 Å². The van der Waals surface area contributed by atoms with E-state index in [1.807, 2.05) is 6.08 Å². The minimum Gasteiger partial charge on any atom is -0.469 e. The molecule has 0 bridgehead atoms. The van der Waals surface area contributed by atoms with Crippen LogP contribution in [0.4, 0.5) is 0 Å². The zero-order chi connectivity index (χ0) is 12.7. The molecule has 4 heteroatoms. The van der Waals surface area contributed by atoms with E-state index in [9.17, 15) is 4.79 Å². The first-order chi connectivity index (χ1) is 8.22. The van der Waals surface area contributed by atoms with Crippen LogP contribution in [0.15, 0.2) is 11.8 Å². The Kier molecular flexibility index (Phi) is 6.05. The van der Waals surface area contributed by atoms with E-state index in [2.05, 4.69) is 12.4 Å². The third-order valence-corrected chi connectivity index (χ3v) is 3.51. The highest BCUT2D eigenvalue weighted by molar-refractivity contribution is 5.69. The monoisotopic (exact) mass is 241 g/mol. The number of ether oxygens (including phenoxy) is 1. The Morgan fingerprint density at radius 1 is 1.59 bits per heavy atom. The molecule has 0 aromatic rings. The van der Waals surface area contributed by atoms with Crippen molar-refractivity contribution in [2.45, 2.75) is 45.4 Å². The standard InChI is InChI=1S/C13H23NO3/c1-3-4-5-6-11-10(9-13(15)17-2)7-8-12(11)14-16/h8,10-11,14,16H,3-7,9H2,1-2H3/t10-,11+/m1/s1. The van der Waals surface area contributed by atoms with Crippen LogP contribution in [-0.4, -0.2) is 18.3 Å². The van der Waals surface area contributed by atoms with Crippen molar-refractivity contribution in [3.63, 3.8) is 0 Å².